The van der Waals surface area contributed by atoms with Crippen LogP contribution in [-0.2, 0) is 26.0 Å². The van der Waals surface area contributed by atoms with E-state index in [0.29, 0.717) is 12.0 Å². The van der Waals surface area contributed by atoms with Crippen LogP contribution in [-0.4, -0.2) is 36.1 Å². The van der Waals surface area contributed by atoms with Crippen LogP contribution in [0.15, 0.2) is 59.5 Å². The number of aryl methyl sites for hydroxylation is 1. The molecule has 0 spiro atoms. The normalized spacial score (nSPS) is 27.0. The number of hydrogen-bond donors (Lipinski definition) is 0. The van der Waals surface area contributed by atoms with Gasteiger partial charge in [-0.1, -0.05) is 61.9 Å². The lowest BCUT2D eigenvalue weighted by atomic mass is 9.75. The highest BCUT2D eigenvalue weighted by atomic mass is 32.2. The molecule has 0 unspecified atom stereocenters. The summed E-state index contributed by atoms with van der Waals surface area (Å²) in [5, 5.41) is 0. The van der Waals surface area contributed by atoms with E-state index in [9.17, 15) is 13.2 Å². The van der Waals surface area contributed by atoms with Gasteiger partial charge in [-0.15, -0.1) is 0 Å². The highest BCUT2D eigenvalue weighted by Gasteiger charge is 2.62. The zero-order valence-electron chi connectivity index (χ0n) is 19.1. The maximum atomic E-state index is 13.5. The molecule has 3 atom stereocenters. The van der Waals surface area contributed by atoms with Crippen molar-refractivity contribution in [2.45, 2.75) is 75.7 Å². The standard InChI is InChI=1S/C25H31NO5S/c1-18(2)25-15-14-24(4,31-25)22(16-25)30-23(27)26(17-20-8-6-5-7-9-20)32(28,29)21-12-10-19(3)11-13-21/h5-13,18,22H,14-17H2,1-4H3/t22-,24-,25+/m1/s1. The molecule has 0 aromatic heterocycles. The fraction of sp³-hybridized carbons (Fsp3) is 0.480. The molecule has 32 heavy (non-hydrogen) atoms. The summed E-state index contributed by atoms with van der Waals surface area (Å²) in [5.74, 6) is 0.282. The highest BCUT2D eigenvalue weighted by Crippen LogP contribution is 2.55. The largest absolute Gasteiger partial charge is 0.442 e. The predicted octanol–water partition coefficient (Wildman–Crippen LogP) is 5.06. The molecule has 2 fully saturated rings. The third-order valence-electron chi connectivity index (χ3n) is 6.97. The van der Waals surface area contributed by atoms with Gasteiger partial charge in [0.15, 0.2) is 0 Å². The first kappa shape index (κ1) is 22.8. The Hall–Kier alpha value is -2.38. The molecule has 1 amide bonds. The Morgan fingerprint density at radius 1 is 1.12 bits per heavy atom. The van der Waals surface area contributed by atoms with Gasteiger partial charge in [-0.2, -0.15) is 4.31 Å². The Morgan fingerprint density at radius 3 is 2.38 bits per heavy atom. The molecule has 2 aliphatic rings. The summed E-state index contributed by atoms with van der Waals surface area (Å²) in [6.07, 6.45) is 0.932. The molecule has 0 N–H and O–H groups in total. The van der Waals surface area contributed by atoms with Crippen molar-refractivity contribution < 1.29 is 22.7 Å². The summed E-state index contributed by atoms with van der Waals surface area (Å²) in [6.45, 7) is 7.96. The summed E-state index contributed by atoms with van der Waals surface area (Å²) >= 11 is 0. The van der Waals surface area contributed by atoms with Crippen molar-refractivity contribution in [3.63, 3.8) is 0 Å². The number of hydrogen-bond acceptors (Lipinski definition) is 5. The fourth-order valence-corrected chi connectivity index (χ4v) is 6.04. The number of ether oxygens (including phenoxy) is 2. The third kappa shape index (κ3) is 4.04. The number of nitrogens with zero attached hydrogens (tertiary/aromatic N) is 1. The molecule has 6 nitrogen and oxygen atoms in total. The van der Waals surface area contributed by atoms with E-state index in [1.165, 1.54) is 12.1 Å². The van der Waals surface area contributed by atoms with Crippen molar-refractivity contribution in [2.24, 2.45) is 5.92 Å². The van der Waals surface area contributed by atoms with E-state index in [4.69, 9.17) is 9.47 Å². The van der Waals surface area contributed by atoms with Gasteiger partial charge in [0.25, 0.3) is 10.0 Å². The van der Waals surface area contributed by atoms with E-state index < -0.39 is 27.8 Å². The molecule has 0 saturated carbocycles. The van der Waals surface area contributed by atoms with Gasteiger partial charge in [0.1, 0.15) is 11.7 Å². The summed E-state index contributed by atoms with van der Waals surface area (Å²) in [6, 6.07) is 15.5. The lowest BCUT2D eigenvalue weighted by Gasteiger charge is -2.32. The quantitative estimate of drug-likeness (QED) is 0.606. The van der Waals surface area contributed by atoms with Crippen molar-refractivity contribution in [3.05, 3.63) is 65.7 Å². The molecule has 2 aromatic carbocycles. The van der Waals surface area contributed by atoms with Gasteiger partial charge in [0.05, 0.1) is 17.0 Å². The van der Waals surface area contributed by atoms with Gasteiger partial charge in [0, 0.05) is 6.42 Å². The zero-order valence-corrected chi connectivity index (χ0v) is 19.9. The molecule has 7 heteroatoms. The van der Waals surface area contributed by atoms with Gasteiger partial charge in [-0.3, -0.25) is 0 Å². The Labute approximate surface area is 190 Å². The lowest BCUT2D eigenvalue weighted by Crippen LogP contribution is -2.44. The third-order valence-corrected chi connectivity index (χ3v) is 8.70. The van der Waals surface area contributed by atoms with E-state index in [0.717, 1.165) is 22.7 Å². The molecule has 2 aromatic rings. The maximum absolute atomic E-state index is 13.5. The number of amides is 1. The van der Waals surface area contributed by atoms with Crippen LogP contribution in [0.1, 0.15) is 51.2 Å². The van der Waals surface area contributed by atoms with E-state index in [-0.39, 0.29) is 23.0 Å². The minimum atomic E-state index is -4.10. The Bertz CT molecular complexity index is 1080. The van der Waals surface area contributed by atoms with Gasteiger partial charge in [0.2, 0.25) is 0 Å². The Kier molecular flexibility index (Phi) is 5.84. The average molecular weight is 458 g/mol. The number of fused-ring (bicyclic) bond motifs is 2. The molecule has 2 heterocycles. The summed E-state index contributed by atoms with van der Waals surface area (Å²) in [4.78, 5) is 13.4. The van der Waals surface area contributed by atoms with Crippen LogP contribution in [0.4, 0.5) is 4.79 Å². The lowest BCUT2D eigenvalue weighted by molar-refractivity contribution is -0.0827. The molecule has 0 aliphatic carbocycles. The van der Waals surface area contributed by atoms with Crippen molar-refractivity contribution >= 4 is 16.1 Å². The number of carbonyl (C=O) groups is 1. The first-order chi connectivity index (χ1) is 15.1. The highest BCUT2D eigenvalue weighted by molar-refractivity contribution is 7.89. The monoisotopic (exact) mass is 457 g/mol. The van der Waals surface area contributed by atoms with Gasteiger partial charge in [-0.25, -0.2) is 13.2 Å². The Morgan fingerprint density at radius 2 is 1.78 bits per heavy atom. The smallest absolute Gasteiger partial charge is 0.424 e. The van der Waals surface area contributed by atoms with Crippen molar-refractivity contribution in [1.29, 1.82) is 0 Å². The van der Waals surface area contributed by atoms with Crippen LogP contribution in [0.25, 0.3) is 0 Å². The van der Waals surface area contributed by atoms with Crippen LogP contribution in [0.3, 0.4) is 0 Å². The molecular weight excluding hydrogens is 426 g/mol. The first-order valence-corrected chi connectivity index (χ1v) is 12.5. The van der Waals surface area contributed by atoms with Crippen LogP contribution >= 0.6 is 0 Å². The van der Waals surface area contributed by atoms with E-state index in [1.807, 2.05) is 32.0 Å². The van der Waals surface area contributed by atoms with Gasteiger partial charge >= 0.3 is 6.09 Å². The number of rotatable bonds is 6. The first-order valence-electron chi connectivity index (χ1n) is 11.1. The molecule has 172 valence electrons. The van der Waals surface area contributed by atoms with Crippen LogP contribution in [0.5, 0.6) is 0 Å². The molecule has 2 aliphatic heterocycles. The molecule has 2 saturated heterocycles. The van der Waals surface area contributed by atoms with Gasteiger partial charge in [-0.05, 0) is 50.3 Å². The fourth-order valence-electron chi connectivity index (χ4n) is 4.75. The molecular formula is C25H31NO5S. The van der Waals surface area contributed by atoms with Crippen molar-refractivity contribution in [1.82, 2.24) is 4.31 Å². The molecule has 4 rings (SSSR count). The second-order valence-electron chi connectivity index (χ2n) is 9.52. The van der Waals surface area contributed by atoms with E-state index >= 15 is 0 Å². The minimum absolute atomic E-state index is 0.0602. The second-order valence-corrected chi connectivity index (χ2v) is 11.4. The topological polar surface area (TPSA) is 72.9 Å². The van der Waals surface area contributed by atoms with E-state index in [2.05, 4.69) is 13.8 Å². The maximum Gasteiger partial charge on any atom is 0.424 e. The van der Waals surface area contributed by atoms with Crippen LogP contribution in [0.2, 0.25) is 0 Å². The summed E-state index contributed by atoms with van der Waals surface area (Å²) < 4.78 is 40.0. The van der Waals surface area contributed by atoms with E-state index in [1.54, 1.807) is 24.3 Å². The summed E-state index contributed by atoms with van der Waals surface area (Å²) in [7, 11) is -4.10. The number of benzene rings is 2. The SMILES string of the molecule is Cc1ccc(S(=O)(=O)N(Cc2ccccc2)C(=O)O[C@@H]2C[C@]3(C(C)C)CC[C@@]2(C)O3)cc1. The molecule has 2 bridgehead atoms. The predicted molar refractivity (Wildman–Crippen MR) is 122 cm³/mol. The van der Waals surface area contributed by atoms with Crippen molar-refractivity contribution in [2.75, 3.05) is 0 Å². The number of carbonyl (C=O) groups excluding carboxylic acids is 1. The van der Waals surface area contributed by atoms with Crippen LogP contribution in [0, 0.1) is 12.8 Å². The zero-order chi connectivity index (χ0) is 23.1. The van der Waals surface area contributed by atoms with Crippen molar-refractivity contribution in [3.8, 4) is 0 Å². The Balaban J connectivity index is 1.63. The minimum Gasteiger partial charge on any atom is -0.442 e. The second kappa shape index (κ2) is 8.19. The summed E-state index contributed by atoms with van der Waals surface area (Å²) in [5.41, 5.74) is 0.729. The number of sulfonamides is 1. The average Bonchev–Trinajstić information content (AvgIpc) is 3.25. The van der Waals surface area contributed by atoms with Gasteiger partial charge < -0.3 is 9.47 Å². The molecule has 0 radical (unpaired) electrons. The van der Waals surface area contributed by atoms with Crippen LogP contribution < -0.4 is 0 Å².